The van der Waals surface area contributed by atoms with Crippen LogP contribution in [0.15, 0.2) is 30.3 Å². The van der Waals surface area contributed by atoms with E-state index in [0.29, 0.717) is 5.92 Å². The summed E-state index contributed by atoms with van der Waals surface area (Å²) in [4.78, 5) is 16.4. The predicted octanol–water partition coefficient (Wildman–Crippen LogP) is 2.71. The molecule has 1 amide bonds. The molecule has 2 aliphatic rings. The molecule has 0 N–H and O–H groups in total. The standard InChI is InChI=1S/C17H24N2O2/c1-14(15-6-4-3-5-7-15)12-19-13-17(21-16(19)20)8-10-18(2)11-9-17/h3-7,14H,8-13H2,1-2H3. The van der Waals surface area contributed by atoms with Crippen molar-refractivity contribution < 1.29 is 9.53 Å². The quantitative estimate of drug-likeness (QED) is 0.857. The van der Waals surface area contributed by atoms with Crippen molar-refractivity contribution in [3.63, 3.8) is 0 Å². The Bertz CT molecular complexity index is 495. The van der Waals surface area contributed by atoms with Crippen LogP contribution in [0.4, 0.5) is 4.79 Å². The first-order chi connectivity index (χ1) is 10.1. The lowest BCUT2D eigenvalue weighted by Crippen LogP contribution is -2.45. The second-order valence-electron chi connectivity index (χ2n) is 6.55. The van der Waals surface area contributed by atoms with E-state index >= 15 is 0 Å². The second kappa shape index (κ2) is 5.68. The van der Waals surface area contributed by atoms with Crippen molar-refractivity contribution >= 4 is 6.09 Å². The third-order valence-corrected chi connectivity index (χ3v) is 4.80. The zero-order valence-electron chi connectivity index (χ0n) is 12.9. The van der Waals surface area contributed by atoms with E-state index < -0.39 is 0 Å². The van der Waals surface area contributed by atoms with Gasteiger partial charge in [0.25, 0.3) is 0 Å². The van der Waals surface area contributed by atoms with Crippen molar-refractivity contribution in [1.82, 2.24) is 9.80 Å². The molecule has 1 spiro atoms. The molecule has 4 nitrogen and oxygen atoms in total. The summed E-state index contributed by atoms with van der Waals surface area (Å²) in [5, 5.41) is 0. The SMILES string of the molecule is CC(CN1CC2(CCN(C)CC2)OC1=O)c1ccccc1. The van der Waals surface area contributed by atoms with Gasteiger partial charge in [0.05, 0.1) is 6.54 Å². The lowest BCUT2D eigenvalue weighted by atomic mass is 9.91. The molecule has 1 unspecified atom stereocenters. The number of hydrogen-bond donors (Lipinski definition) is 0. The van der Waals surface area contributed by atoms with Crippen molar-refractivity contribution in [3.05, 3.63) is 35.9 Å². The highest BCUT2D eigenvalue weighted by Crippen LogP contribution is 2.33. The smallest absolute Gasteiger partial charge is 0.410 e. The van der Waals surface area contributed by atoms with E-state index in [9.17, 15) is 4.79 Å². The molecule has 1 atom stereocenters. The molecule has 3 rings (SSSR count). The Morgan fingerprint density at radius 3 is 2.57 bits per heavy atom. The molecule has 0 aromatic heterocycles. The highest BCUT2D eigenvalue weighted by atomic mass is 16.6. The van der Waals surface area contributed by atoms with Crippen LogP contribution in [0.5, 0.6) is 0 Å². The summed E-state index contributed by atoms with van der Waals surface area (Å²) in [5.41, 5.74) is 1.04. The highest BCUT2D eigenvalue weighted by molar-refractivity contribution is 5.70. The molecule has 2 fully saturated rings. The largest absolute Gasteiger partial charge is 0.441 e. The number of carbonyl (C=O) groups excluding carboxylic acids is 1. The summed E-state index contributed by atoms with van der Waals surface area (Å²) in [7, 11) is 2.12. The number of likely N-dealkylation sites (tertiary alicyclic amines) is 1. The first-order valence-corrected chi connectivity index (χ1v) is 7.79. The van der Waals surface area contributed by atoms with Gasteiger partial charge in [0, 0.05) is 32.5 Å². The minimum atomic E-state index is -0.236. The number of carbonyl (C=O) groups is 1. The van der Waals surface area contributed by atoms with Gasteiger partial charge in [-0.05, 0) is 18.5 Å². The van der Waals surface area contributed by atoms with Gasteiger partial charge in [0.1, 0.15) is 5.60 Å². The van der Waals surface area contributed by atoms with Gasteiger partial charge in [-0.15, -0.1) is 0 Å². The molecule has 0 radical (unpaired) electrons. The van der Waals surface area contributed by atoms with Crippen LogP contribution in [0.3, 0.4) is 0 Å². The van der Waals surface area contributed by atoms with Gasteiger partial charge in [0.15, 0.2) is 0 Å². The zero-order chi connectivity index (χ0) is 14.9. The fraction of sp³-hybridized carbons (Fsp3) is 0.588. The number of amides is 1. The van der Waals surface area contributed by atoms with Gasteiger partial charge >= 0.3 is 6.09 Å². The summed E-state index contributed by atoms with van der Waals surface area (Å²) in [6, 6.07) is 10.4. The van der Waals surface area contributed by atoms with Crippen LogP contribution < -0.4 is 0 Å². The molecule has 0 saturated carbocycles. The molecule has 21 heavy (non-hydrogen) atoms. The number of ether oxygens (including phenoxy) is 1. The maximum atomic E-state index is 12.2. The Kier molecular flexibility index (Phi) is 3.89. The Morgan fingerprint density at radius 1 is 1.24 bits per heavy atom. The topological polar surface area (TPSA) is 32.8 Å². The summed E-state index contributed by atoms with van der Waals surface area (Å²) in [6.07, 6.45) is 1.76. The predicted molar refractivity (Wildman–Crippen MR) is 82.4 cm³/mol. The minimum absolute atomic E-state index is 0.137. The molecule has 1 aromatic rings. The molecule has 2 saturated heterocycles. The molecular formula is C17H24N2O2. The van der Waals surface area contributed by atoms with E-state index in [1.165, 1.54) is 5.56 Å². The Labute approximate surface area is 126 Å². The van der Waals surface area contributed by atoms with Crippen molar-refractivity contribution in [2.75, 3.05) is 33.2 Å². The van der Waals surface area contributed by atoms with Crippen LogP contribution in [0, 0.1) is 0 Å². The molecule has 4 heteroatoms. The maximum Gasteiger partial charge on any atom is 0.410 e. The molecule has 0 aliphatic carbocycles. The average molecular weight is 288 g/mol. The molecule has 114 valence electrons. The monoisotopic (exact) mass is 288 g/mol. The first kappa shape index (κ1) is 14.4. The lowest BCUT2D eigenvalue weighted by Gasteiger charge is -2.35. The third kappa shape index (κ3) is 3.05. The van der Waals surface area contributed by atoms with Gasteiger partial charge in [-0.25, -0.2) is 4.79 Å². The van der Waals surface area contributed by atoms with Crippen LogP contribution in [0.1, 0.15) is 31.2 Å². The van der Waals surface area contributed by atoms with E-state index in [1.807, 2.05) is 23.1 Å². The summed E-state index contributed by atoms with van der Waals surface area (Å²) < 4.78 is 5.75. The summed E-state index contributed by atoms with van der Waals surface area (Å²) in [5.74, 6) is 0.333. The van der Waals surface area contributed by atoms with Crippen LogP contribution >= 0.6 is 0 Å². The van der Waals surface area contributed by atoms with Crippen LogP contribution in [0.25, 0.3) is 0 Å². The fourth-order valence-corrected chi connectivity index (χ4v) is 3.34. The van der Waals surface area contributed by atoms with E-state index in [1.54, 1.807) is 0 Å². The Morgan fingerprint density at radius 2 is 1.90 bits per heavy atom. The van der Waals surface area contributed by atoms with E-state index in [4.69, 9.17) is 4.74 Å². The van der Waals surface area contributed by atoms with Crippen LogP contribution in [-0.2, 0) is 4.74 Å². The second-order valence-corrected chi connectivity index (χ2v) is 6.55. The van der Waals surface area contributed by atoms with Gasteiger partial charge in [0.2, 0.25) is 0 Å². The van der Waals surface area contributed by atoms with Gasteiger partial charge < -0.3 is 14.5 Å². The van der Waals surface area contributed by atoms with Crippen molar-refractivity contribution in [2.45, 2.75) is 31.3 Å². The number of rotatable bonds is 3. The highest BCUT2D eigenvalue weighted by Gasteiger charge is 2.46. The van der Waals surface area contributed by atoms with Crippen molar-refractivity contribution in [3.8, 4) is 0 Å². The summed E-state index contributed by atoms with van der Waals surface area (Å²) in [6.45, 7) is 5.67. The van der Waals surface area contributed by atoms with Crippen molar-refractivity contribution in [1.29, 1.82) is 0 Å². The molecular weight excluding hydrogens is 264 g/mol. The van der Waals surface area contributed by atoms with Gasteiger partial charge in [-0.2, -0.15) is 0 Å². The third-order valence-electron chi connectivity index (χ3n) is 4.80. The first-order valence-electron chi connectivity index (χ1n) is 7.79. The average Bonchev–Trinajstić information content (AvgIpc) is 2.79. The normalized spacial score (nSPS) is 23.3. The number of hydrogen-bond acceptors (Lipinski definition) is 3. The zero-order valence-corrected chi connectivity index (χ0v) is 12.9. The van der Waals surface area contributed by atoms with E-state index in [0.717, 1.165) is 39.0 Å². The molecule has 1 aromatic carbocycles. The van der Waals surface area contributed by atoms with Crippen molar-refractivity contribution in [2.24, 2.45) is 0 Å². The van der Waals surface area contributed by atoms with E-state index in [-0.39, 0.29) is 11.7 Å². The van der Waals surface area contributed by atoms with Crippen LogP contribution in [0.2, 0.25) is 0 Å². The number of benzene rings is 1. The molecule has 2 heterocycles. The van der Waals surface area contributed by atoms with Crippen LogP contribution in [-0.4, -0.2) is 54.7 Å². The van der Waals surface area contributed by atoms with Gasteiger partial charge in [-0.3, -0.25) is 0 Å². The fourth-order valence-electron chi connectivity index (χ4n) is 3.34. The Balaban J connectivity index is 1.63. The molecule has 2 aliphatic heterocycles. The summed E-state index contributed by atoms with van der Waals surface area (Å²) >= 11 is 0. The van der Waals surface area contributed by atoms with Gasteiger partial charge in [-0.1, -0.05) is 37.3 Å². The maximum absolute atomic E-state index is 12.2. The van der Waals surface area contributed by atoms with E-state index in [2.05, 4.69) is 31.0 Å². The Hall–Kier alpha value is -1.55. The molecule has 0 bridgehead atoms. The minimum Gasteiger partial charge on any atom is -0.441 e. The number of piperidine rings is 1. The number of nitrogens with zero attached hydrogens (tertiary/aromatic N) is 2. The lowest BCUT2D eigenvalue weighted by molar-refractivity contribution is 0.00658.